The smallest absolute Gasteiger partial charge is 0.335 e. The van der Waals surface area contributed by atoms with Crippen molar-refractivity contribution in [1.29, 1.82) is 0 Å². The molecule has 0 heterocycles. The van der Waals surface area contributed by atoms with Crippen LogP contribution in [0.3, 0.4) is 0 Å². The van der Waals surface area contributed by atoms with Crippen molar-refractivity contribution in [2.75, 3.05) is 0 Å². The van der Waals surface area contributed by atoms with Gasteiger partial charge in [-0.2, -0.15) is 19.9 Å². The third kappa shape index (κ3) is 17.1. The van der Waals surface area contributed by atoms with Crippen LogP contribution in [-0.4, -0.2) is 0 Å². The maximum absolute atomic E-state index is 3.05. The molecular formula is C9H16Cl2Zr. The van der Waals surface area contributed by atoms with Gasteiger partial charge in [0.2, 0.25) is 0 Å². The second-order valence-corrected chi connectivity index (χ2v) is 2.08. The van der Waals surface area contributed by atoms with Gasteiger partial charge in [-0.1, -0.05) is 0 Å². The Morgan fingerprint density at radius 1 is 1.33 bits per heavy atom. The Balaban J connectivity index is -0.0000000489. The van der Waals surface area contributed by atoms with E-state index in [1.54, 1.807) is 0 Å². The quantitative estimate of drug-likeness (QED) is 0.595. The molecule has 3 heteroatoms. The third-order valence-corrected chi connectivity index (χ3v) is 0.872. The minimum atomic E-state index is 0. The fourth-order valence-electron chi connectivity index (χ4n) is 0.499. The van der Waals surface area contributed by atoms with Crippen molar-refractivity contribution in [2.24, 2.45) is 0 Å². The van der Waals surface area contributed by atoms with Gasteiger partial charge in [-0.15, -0.1) is 38.2 Å². The molecule has 0 atom stereocenters. The maximum atomic E-state index is 3.05. The Morgan fingerprint density at radius 2 is 1.75 bits per heavy atom. The van der Waals surface area contributed by atoms with Crippen molar-refractivity contribution in [2.45, 2.75) is 27.2 Å². The molecule has 70 valence electrons. The minimum absolute atomic E-state index is 0. The predicted octanol–water partition coefficient (Wildman–Crippen LogP) is 3.77. The zero-order valence-electron chi connectivity index (χ0n) is 7.76. The van der Waals surface area contributed by atoms with Gasteiger partial charge >= 0.3 is 26.2 Å². The van der Waals surface area contributed by atoms with Crippen molar-refractivity contribution in [3.63, 3.8) is 0 Å². The molecule has 0 nitrogen and oxygen atoms in total. The molecule has 12 heavy (non-hydrogen) atoms. The van der Waals surface area contributed by atoms with Crippen LogP contribution in [0.1, 0.15) is 27.2 Å². The van der Waals surface area contributed by atoms with Crippen LogP contribution in [-0.2, 0) is 26.2 Å². The molecule has 1 aliphatic carbocycles. The molecule has 0 amide bonds. The summed E-state index contributed by atoms with van der Waals surface area (Å²) in [4.78, 5) is 0. The molecule has 0 saturated heterocycles. The van der Waals surface area contributed by atoms with Gasteiger partial charge in [0.05, 0.1) is 0 Å². The molecule has 0 fully saturated rings. The monoisotopic (exact) mass is 284 g/mol. The van der Waals surface area contributed by atoms with E-state index in [1.165, 1.54) is 5.57 Å². The summed E-state index contributed by atoms with van der Waals surface area (Å²) in [6, 6.07) is 0. The number of allylic oxidation sites excluding steroid dienone is 4. The molecular weight excluding hydrogens is 270 g/mol. The Hall–Kier alpha value is 0.943. The average Bonchev–Trinajstić information content (AvgIpc) is 2.20. The van der Waals surface area contributed by atoms with Gasteiger partial charge in [0.1, 0.15) is 0 Å². The van der Waals surface area contributed by atoms with E-state index in [4.69, 9.17) is 0 Å². The fraction of sp³-hybridized carbons (Fsp3) is 0.444. The standard InChI is InChI=1S/C6H7.C3H7.2ClH.Zr/c1-6-4-2-3-5-6;1-3-2;;;/h4-5H,2H2,1H3;3H,1-2H3;2*1H;/q2*-1;;;+2. The van der Waals surface area contributed by atoms with Gasteiger partial charge in [-0.05, 0) is 0 Å². The maximum Gasteiger partial charge on any atom is 2.00 e. The van der Waals surface area contributed by atoms with E-state index in [-0.39, 0.29) is 51.0 Å². The summed E-state index contributed by atoms with van der Waals surface area (Å²) in [5.74, 6) is 0. The van der Waals surface area contributed by atoms with Crippen molar-refractivity contribution >= 4 is 24.8 Å². The summed E-state index contributed by atoms with van der Waals surface area (Å²) in [6.07, 6.45) is 10.2. The van der Waals surface area contributed by atoms with E-state index in [2.05, 4.69) is 19.1 Å². The van der Waals surface area contributed by atoms with Crippen LogP contribution in [0.25, 0.3) is 0 Å². The summed E-state index contributed by atoms with van der Waals surface area (Å²) < 4.78 is 0. The van der Waals surface area contributed by atoms with Crippen molar-refractivity contribution in [3.8, 4) is 0 Å². The largest absolute Gasteiger partial charge is 2.00 e. The molecule has 0 saturated carbocycles. The molecule has 0 unspecified atom stereocenters. The van der Waals surface area contributed by atoms with E-state index < -0.39 is 0 Å². The Bertz CT molecular complexity index is 117. The second kappa shape index (κ2) is 17.9. The first-order valence-electron chi connectivity index (χ1n) is 3.28. The first kappa shape index (κ1) is 23.1. The Kier molecular flexibility index (Phi) is 34.4. The van der Waals surface area contributed by atoms with E-state index >= 15 is 0 Å². The van der Waals surface area contributed by atoms with Gasteiger partial charge in [0.25, 0.3) is 0 Å². The van der Waals surface area contributed by atoms with Crippen LogP contribution in [0.15, 0.2) is 17.7 Å². The zero-order chi connectivity index (χ0) is 7.11. The van der Waals surface area contributed by atoms with E-state index in [0.29, 0.717) is 0 Å². The van der Waals surface area contributed by atoms with Gasteiger partial charge in [0.15, 0.2) is 0 Å². The molecule has 0 N–H and O–H groups in total. The van der Waals surface area contributed by atoms with Crippen LogP contribution < -0.4 is 0 Å². The molecule has 0 spiro atoms. The first-order valence-corrected chi connectivity index (χ1v) is 3.28. The molecule has 1 rings (SSSR count). The molecule has 0 aromatic heterocycles. The molecule has 1 aliphatic rings. The van der Waals surface area contributed by atoms with Gasteiger partial charge in [-0.25, -0.2) is 11.6 Å². The molecule has 0 aromatic carbocycles. The van der Waals surface area contributed by atoms with E-state index in [9.17, 15) is 0 Å². The van der Waals surface area contributed by atoms with Crippen LogP contribution in [0.5, 0.6) is 0 Å². The number of rotatable bonds is 0. The van der Waals surface area contributed by atoms with E-state index in [0.717, 1.165) is 6.42 Å². The second-order valence-electron chi connectivity index (χ2n) is 2.08. The van der Waals surface area contributed by atoms with Crippen LogP contribution >= 0.6 is 24.8 Å². The average molecular weight is 286 g/mol. The molecule has 0 radical (unpaired) electrons. The van der Waals surface area contributed by atoms with Crippen LogP contribution in [0.4, 0.5) is 0 Å². The van der Waals surface area contributed by atoms with Crippen molar-refractivity contribution in [1.82, 2.24) is 0 Å². The molecule has 0 aromatic rings. The van der Waals surface area contributed by atoms with Crippen LogP contribution in [0.2, 0.25) is 0 Å². The van der Waals surface area contributed by atoms with Crippen molar-refractivity contribution < 1.29 is 26.2 Å². The molecule has 0 aliphatic heterocycles. The number of hydrogen-bond acceptors (Lipinski definition) is 0. The minimum Gasteiger partial charge on any atom is -0.335 e. The summed E-state index contributed by atoms with van der Waals surface area (Å²) in [6.45, 7) is 6.08. The summed E-state index contributed by atoms with van der Waals surface area (Å²) in [5.41, 5.74) is 1.34. The van der Waals surface area contributed by atoms with Gasteiger partial charge in [-0.3, -0.25) is 6.08 Å². The third-order valence-electron chi connectivity index (χ3n) is 0.872. The fourth-order valence-corrected chi connectivity index (χ4v) is 0.499. The van der Waals surface area contributed by atoms with Crippen molar-refractivity contribution in [3.05, 3.63) is 30.2 Å². The topological polar surface area (TPSA) is 0 Å². The number of hydrogen-bond donors (Lipinski definition) is 0. The van der Waals surface area contributed by atoms with E-state index in [1.807, 2.05) is 26.3 Å². The summed E-state index contributed by atoms with van der Waals surface area (Å²) in [7, 11) is 0. The zero-order valence-corrected chi connectivity index (χ0v) is 11.8. The summed E-state index contributed by atoms with van der Waals surface area (Å²) >= 11 is 0. The molecule has 0 bridgehead atoms. The Labute approximate surface area is 108 Å². The predicted molar refractivity (Wildman–Crippen MR) is 56.3 cm³/mol. The van der Waals surface area contributed by atoms with Gasteiger partial charge in [0, 0.05) is 0 Å². The van der Waals surface area contributed by atoms with Gasteiger partial charge < -0.3 is 6.42 Å². The summed E-state index contributed by atoms with van der Waals surface area (Å²) in [5, 5.41) is 0. The first-order chi connectivity index (χ1) is 4.31. The number of halogens is 2. The SMILES string of the molecule is CC1=CC[C-]=C1.C[CH-]C.Cl.Cl.[Zr+2]. The normalized spacial score (nSPS) is 10.8. The van der Waals surface area contributed by atoms with Crippen LogP contribution in [0, 0.1) is 12.5 Å². The Morgan fingerprint density at radius 3 is 1.83 bits per heavy atom.